The number of alkyl carbamates (subject to hydrolysis) is 1. The largest absolute Gasteiger partial charge is 0.478 e. The number of carboxylic acids is 2. The van der Waals surface area contributed by atoms with E-state index in [0.717, 1.165) is 43.6 Å². The Morgan fingerprint density at radius 2 is 1.90 bits per heavy atom. The maximum atomic E-state index is 13.2. The molecule has 1 aromatic heterocycles. The Hall–Kier alpha value is -3.47. The third kappa shape index (κ3) is 7.70. The SMILES string of the molecule is CNC(=O)OCCN1CCC(c2noc3cc(F)ccc23)CC1.O=C(O)/C=C/C(=O)O. The van der Waals surface area contributed by atoms with Gasteiger partial charge in [-0.2, -0.15) is 0 Å². The molecule has 3 N–H and O–H groups in total. The summed E-state index contributed by atoms with van der Waals surface area (Å²) in [6.07, 6.45) is 2.63. The average molecular weight is 437 g/mol. The summed E-state index contributed by atoms with van der Waals surface area (Å²) < 4.78 is 23.5. The van der Waals surface area contributed by atoms with Crippen LogP contribution in [0.5, 0.6) is 0 Å². The molecule has 10 nitrogen and oxygen atoms in total. The molecule has 2 aromatic rings. The molecule has 2 heterocycles. The highest BCUT2D eigenvalue weighted by Gasteiger charge is 2.25. The van der Waals surface area contributed by atoms with Crippen LogP contribution in [0.2, 0.25) is 0 Å². The van der Waals surface area contributed by atoms with Gasteiger partial charge in [0.1, 0.15) is 12.4 Å². The van der Waals surface area contributed by atoms with Crippen LogP contribution in [0.1, 0.15) is 24.5 Å². The van der Waals surface area contributed by atoms with Crippen molar-refractivity contribution >= 4 is 29.0 Å². The molecule has 0 spiro atoms. The number of hydrogen-bond acceptors (Lipinski definition) is 7. The number of benzene rings is 1. The number of fused-ring (bicyclic) bond motifs is 1. The van der Waals surface area contributed by atoms with Crippen LogP contribution in [0.3, 0.4) is 0 Å². The van der Waals surface area contributed by atoms with Crippen molar-refractivity contribution in [2.45, 2.75) is 18.8 Å². The van der Waals surface area contributed by atoms with Crippen molar-refractivity contribution in [1.82, 2.24) is 15.4 Å². The standard InChI is InChI=1S/C16H20FN3O3.C4H4O4/c1-18-16(21)22-9-8-20-6-4-11(5-7-20)15-13-3-2-12(17)10-14(13)23-19-15;5-3(6)1-2-4(7)8/h2-3,10-11H,4-9H2,1H3,(H,18,21);1-2H,(H,5,6)(H,7,8)/b;2-1+. The van der Waals surface area contributed by atoms with Crippen LogP contribution in [0.15, 0.2) is 34.9 Å². The molecule has 0 radical (unpaired) electrons. The monoisotopic (exact) mass is 437 g/mol. The van der Waals surface area contributed by atoms with Crippen LogP contribution < -0.4 is 5.32 Å². The molecule has 0 saturated carbocycles. The predicted molar refractivity (Wildman–Crippen MR) is 107 cm³/mol. The first-order valence-electron chi connectivity index (χ1n) is 9.55. The summed E-state index contributed by atoms with van der Waals surface area (Å²) in [4.78, 5) is 32.4. The zero-order chi connectivity index (χ0) is 22.8. The van der Waals surface area contributed by atoms with E-state index in [9.17, 15) is 18.8 Å². The molecule has 0 unspecified atom stereocenters. The molecule has 0 bridgehead atoms. The van der Waals surface area contributed by atoms with Gasteiger partial charge in [-0.05, 0) is 38.1 Å². The van der Waals surface area contributed by atoms with Crippen molar-refractivity contribution in [2.24, 2.45) is 0 Å². The number of aromatic nitrogens is 1. The average Bonchev–Trinajstić information content (AvgIpc) is 3.16. The third-order valence-corrected chi connectivity index (χ3v) is 4.65. The Morgan fingerprint density at radius 1 is 1.26 bits per heavy atom. The van der Waals surface area contributed by atoms with Crippen LogP contribution in [-0.2, 0) is 14.3 Å². The molecule has 168 valence electrons. The third-order valence-electron chi connectivity index (χ3n) is 4.65. The lowest BCUT2D eigenvalue weighted by Crippen LogP contribution is -2.36. The van der Waals surface area contributed by atoms with Crippen LogP contribution in [-0.4, -0.2) is 71.6 Å². The van der Waals surface area contributed by atoms with Crippen LogP contribution in [0.25, 0.3) is 11.0 Å². The molecule has 0 atom stereocenters. The fourth-order valence-electron chi connectivity index (χ4n) is 3.14. The number of ether oxygens (including phenoxy) is 1. The number of nitrogens with zero attached hydrogens (tertiary/aromatic N) is 2. The predicted octanol–water partition coefficient (Wildman–Crippen LogP) is 2.21. The van der Waals surface area contributed by atoms with Crippen LogP contribution in [0, 0.1) is 5.82 Å². The van der Waals surface area contributed by atoms with Crippen molar-refractivity contribution < 1.29 is 38.2 Å². The van der Waals surface area contributed by atoms with Gasteiger partial charge in [0.05, 0.1) is 5.69 Å². The quantitative estimate of drug-likeness (QED) is 0.580. The zero-order valence-corrected chi connectivity index (χ0v) is 16.9. The van der Waals surface area contributed by atoms with Crippen molar-refractivity contribution in [3.63, 3.8) is 0 Å². The van der Waals surface area contributed by atoms with Gasteiger partial charge in [0, 0.05) is 43.1 Å². The summed E-state index contributed by atoms with van der Waals surface area (Å²) in [7, 11) is 1.54. The first-order chi connectivity index (χ1) is 14.8. The lowest BCUT2D eigenvalue weighted by molar-refractivity contribution is -0.134. The molecule has 3 rings (SSSR count). The molecule has 1 aliphatic rings. The highest BCUT2D eigenvalue weighted by molar-refractivity contribution is 5.89. The molecule has 1 aromatic carbocycles. The fourth-order valence-corrected chi connectivity index (χ4v) is 3.14. The van der Waals surface area contributed by atoms with E-state index in [1.807, 2.05) is 0 Å². The number of carboxylic acid groups (broad SMARTS) is 2. The summed E-state index contributed by atoms with van der Waals surface area (Å²) >= 11 is 0. The van der Waals surface area contributed by atoms with Crippen LogP contribution >= 0.6 is 0 Å². The summed E-state index contributed by atoms with van der Waals surface area (Å²) in [6.45, 7) is 2.94. The van der Waals surface area contributed by atoms with Gasteiger partial charge in [0.2, 0.25) is 0 Å². The number of likely N-dealkylation sites (tertiary alicyclic amines) is 1. The summed E-state index contributed by atoms with van der Waals surface area (Å²) in [6, 6.07) is 4.55. The second kappa shape index (κ2) is 11.6. The Kier molecular flexibility index (Phi) is 8.94. The van der Waals surface area contributed by atoms with Gasteiger partial charge in [-0.3, -0.25) is 4.90 Å². The Morgan fingerprint density at radius 3 is 2.48 bits per heavy atom. The van der Waals surface area contributed by atoms with E-state index in [-0.39, 0.29) is 5.82 Å². The Labute approximate surface area is 177 Å². The number of halogens is 1. The fraction of sp³-hybridized carbons (Fsp3) is 0.400. The number of carbonyl (C=O) groups excluding carboxylic acids is 1. The van der Waals surface area contributed by atoms with Crippen molar-refractivity contribution in [2.75, 3.05) is 33.3 Å². The van der Waals surface area contributed by atoms with Gasteiger partial charge in [-0.15, -0.1) is 0 Å². The molecule has 0 aliphatic carbocycles. The van der Waals surface area contributed by atoms with Gasteiger partial charge in [0.15, 0.2) is 5.58 Å². The number of amides is 1. The topological polar surface area (TPSA) is 142 Å². The van der Waals surface area contributed by atoms with E-state index in [2.05, 4.69) is 15.4 Å². The lowest BCUT2D eigenvalue weighted by Gasteiger charge is -2.30. The van der Waals surface area contributed by atoms with Gasteiger partial charge < -0.3 is 24.8 Å². The number of carbonyl (C=O) groups is 3. The highest BCUT2D eigenvalue weighted by Crippen LogP contribution is 2.32. The normalized spacial score (nSPS) is 14.8. The number of nitrogens with one attached hydrogen (secondary N) is 1. The Bertz CT molecular complexity index is 920. The Balaban J connectivity index is 0.000000366. The van der Waals surface area contributed by atoms with E-state index in [1.54, 1.807) is 13.1 Å². The maximum absolute atomic E-state index is 13.2. The molecule has 1 saturated heterocycles. The van der Waals surface area contributed by atoms with E-state index in [1.165, 1.54) is 12.1 Å². The summed E-state index contributed by atoms with van der Waals surface area (Å²) in [5.41, 5.74) is 1.42. The van der Waals surface area contributed by atoms with Gasteiger partial charge in [-0.1, -0.05) is 5.16 Å². The number of aliphatic carboxylic acids is 2. The molecule has 31 heavy (non-hydrogen) atoms. The highest BCUT2D eigenvalue weighted by atomic mass is 19.1. The van der Waals surface area contributed by atoms with Gasteiger partial charge in [-0.25, -0.2) is 18.8 Å². The van der Waals surface area contributed by atoms with Crippen molar-refractivity contribution in [3.05, 3.63) is 41.9 Å². The molecular weight excluding hydrogens is 413 g/mol. The van der Waals surface area contributed by atoms with Gasteiger partial charge in [0.25, 0.3) is 0 Å². The van der Waals surface area contributed by atoms with E-state index >= 15 is 0 Å². The molecule has 1 aliphatic heterocycles. The summed E-state index contributed by atoms with van der Waals surface area (Å²) in [5, 5.41) is 23.1. The first kappa shape index (κ1) is 23.8. The number of piperidine rings is 1. The second-order valence-electron chi connectivity index (χ2n) is 6.72. The smallest absolute Gasteiger partial charge is 0.406 e. The molecule has 1 fully saturated rings. The van der Waals surface area contributed by atoms with Crippen LogP contribution in [0.4, 0.5) is 9.18 Å². The first-order valence-corrected chi connectivity index (χ1v) is 9.55. The molecular formula is C20H24FN3O7. The summed E-state index contributed by atoms with van der Waals surface area (Å²) in [5.74, 6) is -2.51. The minimum atomic E-state index is -1.26. The van der Waals surface area contributed by atoms with Crippen molar-refractivity contribution in [3.8, 4) is 0 Å². The van der Waals surface area contributed by atoms with Crippen molar-refractivity contribution in [1.29, 1.82) is 0 Å². The second-order valence-corrected chi connectivity index (χ2v) is 6.72. The van der Waals surface area contributed by atoms with E-state index < -0.39 is 18.0 Å². The van der Waals surface area contributed by atoms with E-state index in [4.69, 9.17) is 19.5 Å². The minimum Gasteiger partial charge on any atom is -0.478 e. The molecule has 11 heteroatoms. The number of rotatable bonds is 6. The molecule has 1 amide bonds. The van der Waals surface area contributed by atoms with E-state index in [0.29, 0.717) is 30.3 Å². The number of hydrogen-bond donors (Lipinski definition) is 3. The van der Waals surface area contributed by atoms with Gasteiger partial charge >= 0.3 is 18.0 Å². The maximum Gasteiger partial charge on any atom is 0.406 e. The minimum absolute atomic E-state index is 0.314. The lowest BCUT2D eigenvalue weighted by atomic mass is 9.91. The zero-order valence-electron chi connectivity index (χ0n) is 16.9.